The highest BCUT2D eigenvalue weighted by molar-refractivity contribution is 5.72. The molecule has 0 amide bonds. The van der Waals surface area contributed by atoms with Crippen molar-refractivity contribution in [3.05, 3.63) is 5.21 Å². The summed E-state index contributed by atoms with van der Waals surface area (Å²) in [5.41, 5.74) is 0. The largest absolute Gasteiger partial charge is 0.634 e. The number of carboxylic acid groups (broad SMARTS) is 1. The van der Waals surface area contributed by atoms with Gasteiger partial charge in [-0.05, 0) is 12.8 Å². The van der Waals surface area contributed by atoms with Crippen LogP contribution in [0.25, 0.3) is 0 Å². The lowest BCUT2D eigenvalue weighted by Gasteiger charge is -2.25. The number of rotatable bonds is 1. The zero-order valence-corrected chi connectivity index (χ0v) is 7.53. The van der Waals surface area contributed by atoms with E-state index in [1.54, 1.807) is 0 Å². The van der Waals surface area contributed by atoms with Crippen LogP contribution in [0.1, 0.15) is 25.7 Å². The Morgan fingerprint density at radius 3 is 2.77 bits per heavy atom. The normalized spacial score (nSPS) is 44.4. The van der Waals surface area contributed by atoms with Crippen LogP contribution in [0.15, 0.2) is 0 Å². The second-order valence-electron chi connectivity index (χ2n) is 4.19. The lowest BCUT2D eigenvalue weighted by atomic mass is 9.78. The quantitative estimate of drug-likeness (QED) is 0.548. The van der Waals surface area contributed by atoms with E-state index in [-0.39, 0.29) is 11.0 Å². The number of carboxylic acids is 1. The SMILES string of the molecule is O=C(O)C1C2CCCCC2C[NH+]1[O-]. The van der Waals surface area contributed by atoms with Gasteiger partial charge in [0.05, 0.1) is 6.54 Å². The zero-order chi connectivity index (χ0) is 9.42. The maximum atomic E-state index is 11.4. The van der Waals surface area contributed by atoms with Crippen LogP contribution < -0.4 is 5.06 Å². The molecule has 4 atom stereocenters. The summed E-state index contributed by atoms with van der Waals surface area (Å²) in [7, 11) is 0. The van der Waals surface area contributed by atoms with E-state index >= 15 is 0 Å². The summed E-state index contributed by atoms with van der Waals surface area (Å²) in [6.45, 7) is 0.516. The van der Waals surface area contributed by atoms with Crippen LogP contribution in [0.4, 0.5) is 0 Å². The number of hydrogen-bond donors (Lipinski definition) is 2. The molecule has 13 heavy (non-hydrogen) atoms. The van der Waals surface area contributed by atoms with Gasteiger partial charge in [-0.3, -0.25) is 0 Å². The fourth-order valence-corrected chi connectivity index (χ4v) is 2.87. The van der Waals surface area contributed by atoms with Gasteiger partial charge in [0.2, 0.25) is 0 Å². The number of aliphatic carboxylic acids is 1. The highest BCUT2D eigenvalue weighted by Gasteiger charge is 2.47. The first-order valence-corrected chi connectivity index (χ1v) is 4.95. The molecule has 1 aliphatic heterocycles. The topological polar surface area (TPSA) is 64.8 Å². The molecule has 0 spiro atoms. The molecular weight excluding hydrogens is 170 g/mol. The summed E-state index contributed by atoms with van der Waals surface area (Å²) in [5, 5.41) is 20.3. The molecule has 2 rings (SSSR count). The summed E-state index contributed by atoms with van der Waals surface area (Å²) in [6, 6.07) is -0.676. The van der Waals surface area contributed by atoms with E-state index in [4.69, 9.17) is 5.11 Å². The van der Waals surface area contributed by atoms with Crippen molar-refractivity contribution in [2.24, 2.45) is 11.8 Å². The predicted molar refractivity (Wildman–Crippen MR) is 46.1 cm³/mol. The smallest absolute Gasteiger partial charge is 0.363 e. The van der Waals surface area contributed by atoms with Crippen LogP contribution in [-0.2, 0) is 4.79 Å². The summed E-state index contributed by atoms with van der Waals surface area (Å²) >= 11 is 0. The second-order valence-corrected chi connectivity index (χ2v) is 4.19. The van der Waals surface area contributed by atoms with Gasteiger partial charge in [0.1, 0.15) is 0 Å². The number of hydroxylamine groups is 2. The summed E-state index contributed by atoms with van der Waals surface area (Å²) in [4.78, 5) is 10.8. The van der Waals surface area contributed by atoms with E-state index in [1.165, 1.54) is 6.42 Å². The lowest BCUT2D eigenvalue weighted by molar-refractivity contribution is -0.855. The number of fused-ring (bicyclic) bond motifs is 1. The van der Waals surface area contributed by atoms with Crippen molar-refractivity contribution in [1.29, 1.82) is 0 Å². The van der Waals surface area contributed by atoms with Crippen molar-refractivity contribution in [3.8, 4) is 0 Å². The highest BCUT2D eigenvalue weighted by atomic mass is 16.5. The average molecular weight is 185 g/mol. The van der Waals surface area contributed by atoms with E-state index in [2.05, 4.69) is 0 Å². The minimum absolute atomic E-state index is 0.0376. The standard InChI is InChI=1S/C9H15NO3/c11-9(12)8-7-4-2-1-3-6(7)5-10(8)13/h6-8,10H,1-5H2,(H,11,12). The first-order chi connectivity index (χ1) is 6.20. The molecule has 4 nitrogen and oxygen atoms in total. The fraction of sp³-hybridized carbons (Fsp3) is 0.889. The molecule has 0 aromatic heterocycles. The Hall–Kier alpha value is -0.610. The molecule has 4 heteroatoms. The highest BCUT2D eigenvalue weighted by Crippen LogP contribution is 2.33. The number of hydrogen-bond acceptors (Lipinski definition) is 2. The van der Waals surface area contributed by atoms with E-state index in [9.17, 15) is 10.0 Å². The van der Waals surface area contributed by atoms with Gasteiger partial charge < -0.3 is 15.4 Å². The Morgan fingerprint density at radius 1 is 1.38 bits per heavy atom. The van der Waals surface area contributed by atoms with Crippen molar-refractivity contribution >= 4 is 5.97 Å². The Balaban J connectivity index is 2.13. The molecule has 2 aliphatic rings. The molecular formula is C9H15NO3. The average Bonchev–Trinajstić information content (AvgIpc) is 2.39. The first kappa shape index (κ1) is 8.97. The van der Waals surface area contributed by atoms with E-state index in [0.717, 1.165) is 19.3 Å². The molecule has 0 aromatic rings. The number of nitrogens with one attached hydrogen (secondary N) is 1. The molecule has 0 bridgehead atoms. The Morgan fingerprint density at radius 2 is 2.08 bits per heavy atom. The molecule has 1 saturated heterocycles. The van der Waals surface area contributed by atoms with Gasteiger partial charge in [0.15, 0.2) is 6.04 Å². The molecule has 2 N–H and O–H groups in total. The van der Waals surface area contributed by atoms with Crippen LogP contribution >= 0.6 is 0 Å². The van der Waals surface area contributed by atoms with Gasteiger partial charge in [0.25, 0.3) is 0 Å². The monoisotopic (exact) mass is 185 g/mol. The molecule has 2 fully saturated rings. The van der Waals surface area contributed by atoms with Gasteiger partial charge in [0, 0.05) is 11.8 Å². The molecule has 4 unspecified atom stereocenters. The second kappa shape index (κ2) is 3.27. The van der Waals surface area contributed by atoms with Crippen LogP contribution in [-0.4, -0.2) is 23.7 Å². The van der Waals surface area contributed by atoms with Crippen molar-refractivity contribution in [3.63, 3.8) is 0 Å². The maximum absolute atomic E-state index is 11.4. The van der Waals surface area contributed by atoms with Crippen LogP contribution in [0.5, 0.6) is 0 Å². The van der Waals surface area contributed by atoms with E-state index < -0.39 is 12.0 Å². The number of carbonyl (C=O) groups is 1. The molecule has 1 saturated carbocycles. The minimum Gasteiger partial charge on any atom is -0.634 e. The maximum Gasteiger partial charge on any atom is 0.363 e. The van der Waals surface area contributed by atoms with Crippen LogP contribution in [0.3, 0.4) is 0 Å². The third-order valence-corrected chi connectivity index (χ3v) is 3.47. The van der Waals surface area contributed by atoms with E-state index in [0.29, 0.717) is 12.5 Å². The molecule has 1 heterocycles. The predicted octanol–water partition coefficient (Wildman–Crippen LogP) is -0.358. The van der Waals surface area contributed by atoms with Gasteiger partial charge >= 0.3 is 5.97 Å². The Kier molecular flexibility index (Phi) is 2.26. The summed E-state index contributed by atoms with van der Waals surface area (Å²) < 4.78 is 0. The van der Waals surface area contributed by atoms with Gasteiger partial charge in [-0.1, -0.05) is 12.8 Å². The van der Waals surface area contributed by atoms with Crippen molar-refractivity contribution < 1.29 is 15.0 Å². The lowest BCUT2D eigenvalue weighted by Crippen LogP contribution is -3.10. The molecule has 1 aliphatic carbocycles. The van der Waals surface area contributed by atoms with Gasteiger partial charge in [-0.15, -0.1) is 0 Å². The van der Waals surface area contributed by atoms with Gasteiger partial charge in [-0.2, -0.15) is 0 Å². The van der Waals surface area contributed by atoms with Crippen LogP contribution in [0, 0.1) is 17.0 Å². The summed E-state index contributed by atoms with van der Waals surface area (Å²) in [5.74, 6) is -0.375. The molecule has 0 aromatic carbocycles. The molecule has 74 valence electrons. The van der Waals surface area contributed by atoms with Crippen molar-refractivity contribution in [2.75, 3.05) is 6.54 Å². The van der Waals surface area contributed by atoms with Crippen molar-refractivity contribution in [1.82, 2.24) is 0 Å². The first-order valence-electron chi connectivity index (χ1n) is 4.95. The van der Waals surface area contributed by atoms with Crippen molar-refractivity contribution in [2.45, 2.75) is 31.7 Å². The van der Waals surface area contributed by atoms with Gasteiger partial charge in [-0.25, -0.2) is 4.79 Å². The third kappa shape index (κ3) is 1.44. The Bertz CT molecular complexity index is 219. The van der Waals surface area contributed by atoms with E-state index in [1.807, 2.05) is 0 Å². The zero-order valence-electron chi connectivity index (χ0n) is 7.53. The van der Waals surface area contributed by atoms with Crippen LogP contribution in [0.2, 0.25) is 0 Å². The fourth-order valence-electron chi connectivity index (χ4n) is 2.87. The minimum atomic E-state index is -0.903. The number of quaternary nitrogens is 1. The Labute approximate surface area is 77.1 Å². The third-order valence-electron chi connectivity index (χ3n) is 3.47. The summed E-state index contributed by atoms with van der Waals surface area (Å²) in [6.07, 6.45) is 4.26. The molecule has 0 radical (unpaired) electrons.